The maximum absolute atomic E-state index is 11.4. The summed E-state index contributed by atoms with van der Waals surface area (Å²) in [5.74, 6) is -0.648. The Balaban J connectivity index is 2.75. The zero-order valence-electron chi connectivity index (χ0n) is 9.91. The molecule has 1 heterocycles. The largest absolute Gasteiger partial charge is 0.456 e. The normalized spacial score (nSPS) is 33.1. The lowest BCUT2D eigenvalue weighted by Crippen LogP contribution is -2.38. The second kappa shape index (κ2) is 4.75. The Morgan fingerprint density at radius 2 is 2.06 bits per heavy atom. The third-order valence-corrected chi connectivity index (χ3v) is 4.30. The van der Waals surface area contributed by atoms with Crippen molar-refractivity contribution in [2.24, 2.45) is 0 Å². The van der Waals surface area contributed by atoms with Gasteiger partial charge in [-0.1, -0.05) is 6.58 Å². The Kier molecular flexibility index (Phi) is 3.95. The number of ether oxygens (including phenoxy) is 1. The molecule has 4 unspecified atom stereocenters. The molecule has 1 aliphatic rings. The van der Waals surface area contributed by atoms with Crippen molar-refractivity contribution in [3.05, 3.63) is 12.2 Å². The second-order valence-corrected chi connectivity index (χ2v) is 6.06. The van der Waals surface area contributed by atoms with E-state index in [2.05, 4.69) is 6.58 Å². The van der Waals surface area contributed by atoms with Gasteiger partial charge in [-0.15, -0.1) is 0 Å². The van der Waals surface area contributed by atoms with E-state index in [1.807, 2.05) is 0 Å². The Bertz CT molecular complexity index is 426. The Morgan fingerprint density at radius 3 is 2.41 bits per heavy atom. The molecule has 0 aliphatic carbocycles. The van der Waals surface area contributed by atoms with Gasteiger partial charge in [-0.05, 0) is 20.8 Å². The smallest absolute Gasteiger partial charge is 0.333 e. The van der Waals surface area contributed by atoms with Crippen LogP contribution in [0.25, 0.3) is 0 Å². The quantitative estimate of drug-likeness (QED) is 0.437. The van der Waals surface area contributed by atoms with Crippen LogP contribution in [-0.4, -0.2) is 43.1 Å². The van der Waals surface area contributed by atoms with Gasteiger partial charge >= 0.3 is 5.97 Å². The molecule has 0 bridgehead atoms. The minimum absolute atomic E-state index is 0.195. The van der Waals surface area contributed by atoms with Crippen LogP contribution in [0, 0.1) is 0 Å². The molecular weight excluding hydrogens is 248 g/mol. The molecule has 1 fully saturated rings. The minimum Gasteiger partial charge on any atom is -0.456 e. The van der Waals surface area contributed by atoms with E-state index in [0.29, 0.717) is 0 Å². The molecule has 7 heteroatoms. The predicted octanol–water partition coefficient (Wildman–Crippen LogP) is -0.0278. The topological polar surface area (TPSA) is 89.9 Å². The molecule has 6 nitrogen and oxygen atoms in total. The minimum atomic E-state index is -3.79. The summed E-state index contributed by atoms with van der Waals surface area (Å²) in [7, 11) is -3.79. The van der Waals surface area contributed by atoms with Gasteiger partial charge in [-0.25, -0.2) is 4.79 Å². The van der Waals surface area contributed by atoms with E-state index >= 15 is 0 Å². The number of carbonyl (C=O) groups excluding carboxylic acids is 1. The highest BCUT2D eigenvalue weighted by Gasteiger charge is 2.48. The van der Waals surface area contributed by atoms with Crippen LogP contribution in [0.3, 0.4) is 0 Å². The summed E-state index contributed by atoms with van der Waals surface area (Å²) < 4.78 is 32.4. The van der Waals surface area contributed by atoms with Crippen LogP contribution < -0.4 is 0 Å². The van der Waals surface area contributed by atoms with Crippen molar-refractivity contribution < 1.29 is 27.2 Å². The predicted molar refractivity (Wildman–Crippen MR) is 59.6 cm³/mol. The van der Waals surface area contributed by atoms with Crippen LogP contribution in [0.2, 0.25) is 0 Å². The summed E-state index contributed by atoms with van der Waals surface area (Å²) in [5, 5.41) is 8.67. The molecule has 1 aliphatic heterocycles. The first-order valence-electron chi connectivity index (χ1n) is 5.13. The van der Waals surface area contributed by atoms with E-state index in [1.165, 1.54) is 20.8 Å². The van der Waals surface area contributed by atoms with Gasteiger partial charge in [-0.3, -0.25) is 4.18 Å². The first-order valence-corrected chi connectivity index (χ1v) is 6.60. The Hall–Kier alpha value is -0.920. The Morgan fingerprint density at radius 1 is 1.53 bits per heavy atom. The zero-order chi connectivity index (χ0) is 13.4. The third kappa shape index (κ3) is 2.85. The van der Waals surface area contributed by atoms with Crippen LogP contribution in [0.5, 0.6) is 0 Å². The van der Waals surface area contributed by atoms with Crippen molar-refractivity contribution >= 4 is 16.1 Å². The number of rotatable bonds is 3. The van der Waals surface area contributed by atoms with Gasteiger partial charge in [0.05, 0.1) is 0 Å². The molecule has 0 radical (unpaired) electrons. The highest BCUT2D eigenvalue weighted by molar-refractivity contribution is 7.87. The number of hydrogen-bond donors (Lipinski definition) is 1. The highest BCUT2D eigenvalue weighted by Crippen LogP contribution is 2.27. The SMILES string of the molecule is C=C(C)C(=O)OC(C)C1OS(=O)(=O)C(C)C1O. The monoisotopic (exact) mass is 264 g/mol. The molecule has 0 aromatic carbocycles. The summed E-state index contributed by atoms with van der Waals surface area (Å²) in [4.78, 5) is 11.3. The highest BCUT2D eigenvalue weighted by atomic mass is 32.2. The van der Waals surface area contributed by atoms with Gasteiger partial charge in [0.15, 0.2) is 0 Å². The molecular formula is C10H16O6S. The molecule has 0 saturated carbocycles. The summed E-state index contributed by atoms with van der Waals surface area (Å²) in [6.07, 6.45) is -3.15. The number of aliphatic hydroxyl groups is 1. The fraction of sp³-hybridized carbons (Fsp3) is 0.700. The lowest BCUT2D eigenvalue weighted by molar-refractivity contribution is -0.149. The van der Waals surface area contributed by atoms with Crippen LogP contribution in [-0.2, 0) is 23.8 Å². The Labute approximate surface area is 100 Å². The van der Waals surface area contributed by atoms with Crippen LogP contribution >= 0.6 is 0 Å². The van der Waals surface area contributed by atoms with Gasteiger partial charge < -0.3 is 9.84 Å². The molecule has 0 amide bonds. The van der Waals surface area contributed by atoms with Crippen molar-refractivity contribution in [3.63, 3.8) is 0 Å². The molecule has 1 rings (SSSR count). The van der Waals surface area contributed by atoms with E-state index in [1.54, 1.807) is 0 Å². The van der Waals surface area contributed by atoms with E-state index in [4.69, 9.17) is 8.92 Å². The van der Waals surface area contributed by atoms with Gasteiger partial charge in [0.25, 0.3) is 10.1 Å². The van der Waals surface area contributed by atoms with Crippen LogP contribution in [0.4, 0.5) is 0 Å². The summed E-state index contributed by atoms with van der Waals surface area (Å²) in [6.45, 7) is 7.67. The fourth-order valence-electron chi connectivity index (χ4n) is 1.43. The van der Waals surface area contributed by atoms with Crippen molar-refractivity contribution in [2.45, 2.75) is 44.3 Å². The number of esters is 1. The van der Waals surface area contributed by atoms with Gasteiger partial charge in [0, 0.05) is 5.57 Å². The standard InChI is InChI=1S/C10H16O6S/c1-5(2)10(12)15-6(3)9-8(11)7(4)17(13,14)16-9/h6-9,11H,1H2,2-4H3. The first-order chi connectivity index (χ1) is 7.66. The molecule has 1 N–H and O–H groups in total. The zero-order valence-corrected chi connectivity index (χ0v) is 10.7. The second-order valence-electron chi connectivity index (χ2n) is 4.14. The van der Waals surface area contributed by atoms with E-state index < -0.39 is 39.6 Å². The summed E-state index contributed by atoms with van der Waals surface area (Å²) in [6, 6.07) is 0. The lowest BCUT2D eigenvalue weighted by atomic mass is 10.1. The molecule has 4 atom stereocenters. The maximum atomic E-state index is 11.4. The third-order valence-electron chi connectivity index (χ3n) is 2.62. The van der Waals surface area contributed by atoms with Crippen molar-refractivity contribution in [2.75, 3.05) is 0 Å². The fourth-order valence-corrected chi connectivity index (χ4v) is 2.68. The van der Waals surface area contributed by atoms with E-state index in [9.17, 15) is 18.3 Å². The van der Waals surface area contributed by atoms with Crippen molar-refractivity contribution in [1.82, 2.24) is 0 Å². The number of hydrogen-bond acceptors (Lipinski definition) is 6. The molecule has 0 aromatic heterocycles. The first kappa shape index (κ1) is 14.1. The maximum Gasteiger partial charge on any atom is 0.333 e. The van der Waals surface area contributed by atoms with Gasteiger partial charge in [0.2, 0.25) is 0 Å². The summed E-state index contributed by atoms with van der Waals surface area (Å²) >= 11 is 0. The molecule has 0 aromatic rings. The van der Waals surface area contributed by atoms with Crippen molar-refractivity contribution in [1.29, 1.82) is 0 Å². The average molecular weight is 264 g/mol. The van der Waals surface area contributed by atoms with Gasteiger partial charge in [-0.2, -0.15) is 8.42 Å². The molecule has 17 heavy (non-hydrogen) atoms. The molecule has 98 valence electrons. The lowest BCUT2D eigenvalue weighted by Gasteiger charge is -2.20. The number of aliphatic hydroxyl groups excluding tert-OH is 1. The van der Waals surface area contributed by atoms with E-state index in [0.717, 1.165) is 0 Å². The number of carbonyl (C=O) groups is 1. The van der Waals surface area contributed by atoms with Gasteiger partial charge in [0.1, 0.15) is 23.6 Å². The van der Waals surface area contributed by atoms with Crippen molar-refractivity contribution in [3.8, 4) is 0 Å². The van der Waals surface area contributed by atoms with Crippen LogP contribution in [0.1, 0.15) is 20.8 Å². The average Bonchev–Trinajstić information content (AvgIpc) is 2.42. The summed E-state index contributed by atoms with van der Waals surface area (Å²) in [5.41, 5.74) is 0.195. The van der Waals surface area contributed by atoms with E-state index in [-0.39, 0.29) is 5.57 Å². The van der Waals surface area contributed by atoms with Crippen LogP contribution in [0.15, 0.2) is 12.2 Å². The molecule has 1 saturated heterocycles. The molecule has 0 spiro atoms.